The van der Waals surface area contributed by atoms with Crippen LogP contribution in [0.15, 0.2) is 0 Å². The molecule has 0 bridgehead atoms. The van der Waals surface area contributed by atoms with Crippen LogP contribution in [-0.2, 0) is 9.47 Å². The first-order valence-electron chi connectivity index (χ1n) is 7.07. The molecule has 1 aliphatic carbocycles. The van der Waals surface area contributed by atoms with Crippen molar-refractivity contribution in [3.63, 3.8) is 0 Å². The summed E-state index contributed by atoms with van der Waals surface area (Å²) in [5.41, 5.74) is 0. The fourth-order valence-corrected chi connectivity index (χ4v) is 2.69. The first-order chi connectivity index (χ1) is 10.7. The lowest BCUT2D eigenvalue weighted by Gasteiger charge is -2.45. The summed E-state index contributed by atoms with van der Waals surface area (Å²) < 4.78 is 10.2. The van der Waals surface area contributed by atoms with E-state index in [1.54, 1.807) is 0 Å². The van der Waals surface area contributed by atoms with Crippen molar-refractivity contribution in [3.05, 3.63) is 0 Å². The van der Waals surface area contributed by atoms with Gasteiger partial charge in [0, 0.05) is 0 Å². The Bertz CT molecular complexity index is 377. The van der Waals surface area contributed by atoms with Crippen LogP contribution in [0.4, 0.5) is 0 Å². The summed E-state index contributed by atoms with van der Waals surface area (Å²) in [4.78, 5) is 0. The summed E-state index contributed by atoms with van der Waals surface area (Å²) in [6.07, 6.45) is -18.9. The van der Waals surface area contributed by atoms with Gasteiger partial charge in [-0.25, -0.2) is 0 Å². The second-order valence-corrected chi connectivity index (χ2v) is 5.75. The first kappa shape index (κ1) is 18.9. The zero-order valence-electron chi connectivity index (χ0n) is 11.9. The van der Waals surface area contributed by atoms with Gasteiger partial charge in [-0.1, -0.05) is 0 Å². The maximum absolute atomic E-state index is 9.85. The van der Waals surface area contributed by atoms with E-state index in [0.29, 0.717) is 0 Å². The van der Waals surface area contributed by atoms with Gasteiger partial charge in [-0.05, 0) is 0 Å². The molecule has 1 aliphatic heterocycles. The minimum Gasteiger partial charge on any atom is -0.394 e. The molecule has 0 amide bonds. The van der Waals surface area contributed by atoms with Gasteiger partial charge in [0.05, 0.1) is 6.61 Å². The zero-order chi connectivity index (χ0) is 17.5. The van der Waals surface area contributed by atoms with Gasteiger partial charge < -0.3 is 55.4 Å². The smallest absolute Gasteiger partial charge is 0.187 e. The van der Waals surface area contributed by atoms with Crippen LogP contribution in [0.2, 0.25) is 0 Å². The summed E-state index contributed by atoms with van der Waals surface area (Å²) in [6, 6.07) is 0. The minimum absolute atomic E-state index is 0.704. The lowest BCUT2D eigenvalue weighted by atomic mass is 9.84. The topological polar surface area (TPSA) is 201 Å². The molecule has 0 spiro atoms. The molecule has 0 aromatic rings. The van der Waals surface area contributed by atoms with E-state index in [9.17, 15) is 40.9 Å². The molecule has 0 aromatic heterocycles. The van der Waals surface area contributed by atoms with Crippen LogP contribution in [0.5, 0.6) is 0 Å². The largest absolute Gasteiger partial charge is 0.394 e. The first-order valence-corrected chi connectivity index (χ1v) is 7.07. The Morgan fingerprint density at radius 2 is 1.04 bits per heavy atom. The van der Waals surface area contributed by atoms with Crippen molar-refractivity contribution in [2.75, 3.05) is 6.61 Å². The Morgan fingerprint density at radius 1 is 0.609 bits per heavy atom. The van der Waals surface area contributed by atoms with Crippen LogP contribution in [0.1, 0.15) is 0 Å². The van der Waals surface area contributed by atoms with Crippen LogP contribution in [-0.4, -0.2) is 120 Å². The van der Waals surface area contributed by atoms with E-state index in [4.69, 9.17) is 14.6 Å². The van der Waals surface area contributed by atoms with Crippen molar-refractivity contribution in [3.8, 4) is 0 Å². The van der Waals surface area contributed by atoms with Gasteiger partial charge in [0.1, 0.15) is 61.0 Å². The third-order valence-electron chi connectivity index (χ3n) is 4.21. The number of aliphatic hydroxyl groups is 9. The molecule has 11 atom stereocenters. The highest BCUT2D eigenvalue weighted by Gasteiger charge is 2.52. The van der Waals surface area contributed by atoms with Crippen LogP contribution in [0.3, 0.4) is 0 Å². The Kier molecular flexibility index (Phi) is 5.92. The fourth-order valence-electron chi connectivity index (χ4n) is 2.69. The number of ether oxygens (including phenoxy) is 2. The van der Waals surface area contributed by atoms with Crippen LogP contribution < -0.4 is 0 Å². The van der Waals surface area contributed by atoms with E-state index >= 15 is 0 Å². The predicted molar refractivity (Wildman–Crippen MR) is 68.7 cm³/mol. The quantitative estimate of drug-likeness (QED) is 0.236. The maximum Gasteiger partial charge on any atom is 0.187 e. The average molecular weight is 342 g/mol. The molecule has 1 saturated heterocycles. The van der Waals surface area contributed by atoms with Crippen LogP contribution in [0.25, 0.3) is 0 Å². The number of aliphatic hydroxyl groups excluding tert-OH is 9. The van der Waals surface area contributed by atoms with E-state index in [2.05, 4.69) is 0 Å². The van der Waals surface area contributed by atoms with Gasteiger partial charge in [0.2, 0.25) is 0 Å². The fraction of sp³-hybridized carbons (Fsp3) is 1.00. The molecule has 1 saturated carbocycles. The van der Waals surface area contributed by atoms with Crippen molar-refractivity contribution < 1.29 is 55.4 Å². The SMILES string of the molecule is OC[C@H]1OC(O[C@@H]2[C@@H](O)[C@H](O)[C@@H](O)[C@H](O)[C@@H]2O)[C@H](O)[C@@H](O)[C@H]1O. The number of hydrogen-bond donors (Lipinski definition) is 9. The molecule has 11 nitrogen and oxygen atoms in total. The minimum atomic E-state index is -1.83. The second-order valence-electron chi connectivity index (χ2n) is 5.75. The van der Waals surface area contributed by atoms with Crippen LogP contribution in [0, 0.1) is 0 Å². The summed E-state index contributed by atoms with van der Waals surface area (Å²) >= 11 is 0. The van der Waals surface area contributed by atoms with E-state index in [1.807, 2.05) is 0 Å². The third-order valence-corrected chi connectivity index (χ3v) is 4.21. The normalized spacial score (nSPS) is 54.9. The molecule has 136 valence electrons. The van der Waals surface area contributed by atoms with Gasteiger partial charge in [-0.3, -0.25) is 0 Å². The van der Waals surface area contributed by atoms with Crippen molar-refractivity contribution in [1.29, 1.82) is 0 Å². The third kappa shape index (κ3) is 3.36. The lowest BCUT2D eigenvalue weighted by Crippen LogP contribution is -2.67. The van der Waals surface area contributed by atoms with Gasteiger partial charge in [-0.2, -0.15) is 0 Å². The summed E-state index contributed by atoms with van der Waals surface area (Å²) in [5, 5.41) is 86.6. The molecular weight excluding hydrogens is 320 g/mol. The highest BCUT2D eigenvalue weighted by atomic mass is 16.7. The van der Waals surface area contributed by atoms with E-state index < -0.39 is 73.9 Å². The standard InChI is InChI=1S/C12H22O11/c13-1-2-3(14)4(15)10(21)12(22-2)23-11-8(19)6(17)5(16)7(18)9(11)20/h2-21H,1H2/t2-,3+,4+,5-,6-,7+,8+,9+,10-,11-,12?/m1/s1. The molecule has 1 heterocycles. The number of hydrogen-bond acceptors (Lipinski definition) is 11. The maximum atomic E-state index is 9.85. The Morgan fingerprint density at radius 3 is 1.52 bits per heavy atom. The highest BCUT2D eigenvalue weighted by Crippen LogP contribution is 2.29. The molecule has 2 fully saturated rings. The van der Waals surface area contributed by atoms with Gasteiger partial charge >= 0.3 is 0 Å². The van der Waals surface area contributed by atoms with Crippen molar-refractivity contribution >= 4 is 0 Å². The van der Waals surface area contributed by atoms with E-state index in [-0.39, 0.29) is 0 Å². The highest BCUT2D eigenvalue weighted by molar-refractivity contribution is 5.00. The molecule has 1 unspecified atom stereocenters. The average Bonchev–Trinajstić information content (AvgIpc) is 2.54. The molecule has 9 N–H and O–H groups in total. The molecular formula is C12H22O11. The van der Waals surface area contributed by atoms with E-state index in [1.165, 1.54) is 0 Å². The molecule has 23 heavy (non-hydrogen) atoms. The summed E-state index contributed by atoms with van der Waals surface area (Å²) in [5.74, 6) is 0. The van der Waals surface area contributed by atoms with Gasteiger partial charge in [0.15, 0.2) is 6.29 Å². The molecule has 2 aliphatic rings. The molecule has 0 radical (unpaired) electrons. The zero-order valence-corrected chi connectivity index (χ0v) is 11.9. The molecule has 2 rings (SSSR count). The summed E-state index contributed by atoms with van der Waals surface area (Å²) in [7, 11) is 0. The monoisotopic (exact) mass is 342 g/mol. The predicted octanol–water partition coefficient (Wildman–Crippen LogP) is -6.01. The molecule has 11 heteroatoms. The number of rotatable bonds is 3. The lowest BCUT2D eigenvalue weighted by molar-refractivity contribution is -0.339. The van der Waals surface area contributed by atoms with Crippen molar-refractivity contribution in [2.45, 2.75) is 67.3 Å². The van der Waals surface area contributed by atoms with Gasteiger partial charge in [0.25, 0.3) is 0 Å². The second kappa shape index (κ2) is 7.21. The van der Waals surface area contributed by atoms with Crippen molar-refractivity contribution in [2.24, 2.45) is 0 Å². The Labute approximate surface area is 130 Å². The van der Waals surface area contributed by atoms with Gasteiger partial charge in [-0.15, -0.1) is 0 Å². The Hall–Kier alpha value is -0.440. The van der Waals surface area contributed by atoms with Crippen LogP contribution >= 0.6 is 0 Å². The summed E-state index contributed by atoms with van der Waals surface area (Å²) in [6.45, 7) is -0.704. The van der Waals surface area contributed by atoms with Crippen molar-refractivity contribution in [1.82, 2.24) is 0 Å². The van der Waals surface area contributed by atoms with E-state index in [0.717, 1.165) is 0 Å². The molecule has 0 aromatic carbocycles. The Balaban J connectivity index is 2.13.